The van der Waals surface area contributed by atoms with Gasteiger partial charge in [0.2, 0.25) is 5.17 Å². The van der Waals surface area contributed by atoms with Gasteiger partial charge in [0.25, 0.3) is 5.91 Å². The molecule has 0 saturated carbocycles. The van der Waals surface area contributed by atoms with Crippen LogP contribution in [0.25, 0.3) is 17.0 Å². The Labute approximate surface area is 236 Å². The summed E-state index contributed by atoms with van der Waals surface area (Å²) in [6, 6.07) is 18.1. The number of rotatable bonds is 7. The molecule has 2 aliphatic heterocycles. The molecule has 0 aliphatic carbocycles. The Morgan fingerprint density at radius 3 is 2.77 bits per heavy atom. The van der Waals surface area contributed by atoms with Crippen LogP contribution in [0, 0.1) is 12.3 Å². The van der Waals surface area contributed by atoms with E-state index in [0.717, 1.165) is 27.8 Å². The lowest BCUT2D eigenvalue weighted by Gasteiger charge is -2.20. The minimum absolute atomic E-state index is 0.00205. The van der Waals surface area contributed by atoms with E-state index in [2.05, 4.69) is 64.7 Å². The predicted octanol–water partition coefficient (Wildman–Crippen LogP) is 6.21. The summed E-state index contributed by atoms with van der Waals surface area (Å²) < 4.78 is 8.38. The van der Waals surface area contributed by atoms with Crippen LogP contribution in [-0.2, 0) is 11.3 Å². The van der Waals surface area contributed by atoms with Gasteiger partial charge in [-0.1, -0.05) is 44.2 Å². The maximum atomic E-state index is 13.1. The zero-order valence-corrected chi connectivity index (χ0v) is 23.3. The molecule has 4 heterocycles. The third kappa shape index (κ3) is 4.84. The van der Waals surface area contributed by atoms with E-state index in [-0.39, 0.29) is 11.4 Å². The summed E-state index contributed by atoms with van der Waals surface area (Å²) in [4.78, 5) is 21.4. The summed E-state index contributed by atoms with van der Waals surface area (Å²) in [5, 5.41) is 16.8. The van der Waals surface area contributed by atoms with Crippen molar-refractivity contribution < 1.29 is 9.53 Å². The van der Waals surface area contributed by atoms with Gasteiger partial charge in [0.05, 0.1) is 12.1 Å². The number of hydrogen-bond donors (Lipinski definition) is 1. The molecule has 4 aromatic rings. The van der Waals surface area contributed by atoms with Crippen LogP contribution >= 0.6 is 11.8 Å². The lowest BCUT2D eigenvalue weighted by atomic mass is 10.0. The van der Waals surface area contributed by atoms with Gasteiger partial charge in [0, 0.05) is 40.6 Å². The van der Waals surface area contributed by atoms with Crippen molar-refractivity contribution >= 4 is 50.7 Å². The number of carbonyl (C=O) groups excluding carboxylic acids is 1. The summed E-state index contributed by atoms with van der Waals surface area (Å²) in [6.45, 7) is 7.53. The summed E-state index contributed by atoms with van der Waals surface area (Å²) >= 11 is 1.26. The van der Waals surface area contributed by atoms with Crippen LogP contribution < -0.4 is 4.74 Å². The highest BCUT2D eigenvalue weighted by atomic mass is 32.2. The average Bonchev–Trinajstić information content (AvgIpc) is 3.53. The lowest BCUT2D eigenvalue weighted by molar-refractivity contribution is -0.114. The molecular weight excluding hydrogens is 520 g/mol. The molecule has 0 spiro atoms. The van der Waals surface area contributed by atoms with E-state index in [0.29, 0.717) is 29.3 Å². The Bertz CT molecular complexity index is 1740. The zero-order valence-electron chi connectivity index (χ0n) is 22.5. The molecule has 2 aromatic carbocycles. The Morgan fingerprint density at radius 1 is 1.12 bits per heavy atom. The Kier molecular flexibility index (Phi) is 6.81. The van der Waals surface area contributed by atoms with Crippen LogP contribution in [0.15, 0.2) is 88.9 Å². The molecular formula is C31H28N6O2S. The zero-order chi connectivity index (χ0) is 27.8. The maximum absolute atomic E-state index is 13.1. The smallest absolute Gasteiger partial charge is 0.283 e. The fourth-order valence-corrected chi connectivity index (χ4v) is 5.71. The van der Waals surface area contributed by atoms with Crippen molar-refractivity contribution in [3.05, 3.63) is 101 Å². The number of hydrazone groups is 1. The molecule has 2 aliphatic rings. The fourth-order valence-electron chi connectivity index (χ4n) is 4.83. The summed E-state index contributed by atoms with van der Waals surface area (Å²) in [6.07, 6.45) is 7.14. The largest absolute Gasteiger partial charge is 0.491 e. The van der Waals surface area contributed by atoms with Crippen LogP contribution in [0.5, 0.6) is 5.75 Å². The van der Waals surface area contributed by atoms with E-state index in [9.17, 15) is 4.79 Å². The predicted molar refractivity (Wildman–Crippen MR) is 161 cm³/mol. The van der Waals surface area contributed by atoms with Crippen molar-refractivity contribution in [1.82, 2.24) is 14.6 Å². The molecule has 0 saturated heterocycles. The number of amides is 1. The van der Waals surface area contributed by atoms with Gasteiger partial charge in [-0.3, -0.25) is 15.2 Å². The Balaban J connectivity index is 1.27. The van der Waals surface area contributed by atoms with Crippen LogP contribution in [0.2, 0.25) is 0 Å². The second-order valence-electron chi connectivity index (χ2n) is 10.0. The Hall–Kier alpha value is -4.50. The van der Waals surface area contributed by atoms with Gasteiger partial charge in [-0.15, -0.1) is 0 Å². The summed E-state index contributed by atoms with van der Waals surface area (Å²) in [7, 11) is 0. The molecule has 40 heavy (non-hydrogen) atoms. The number of nitrogens with one attached hydrogen (secondary N) is 1. The van der Waals surface area contributed by atoms with Gasteiger partial charge in [-0.25, -0.2) is 0 Å². The van der Waals surface area contributed by atoms with E-state index in [1.807, 2.05) is 36.5 Å². The van der Waals surface area contributed by atoms with Gasteiger partial charge in [0.1, 0.15) is 17.4 Å². The molecule has 0 atom stereocenters. The number of fused-ring (bicyclic) bond motifs is 2. The van der Waals surface area contributed by atoms with Gasteiger partial charge >= 0.3 is 0 Å². The molecule has 200 valence electrons. The molecule has 0 bridgehead atoms. The Morgan fingerprint density at radius 2 is 1.98 bits per heavy atom. The number of benzene rings is 2. The third-order valence-electron chi connectivity index (χ3n) is 6.86. The number of ether oxygens (including phenoxy) is 1. The number of hydrogen-bond acceptors (Lipinski definition) is 6. The average molecular weight is 549 g/mol. The standard InChI is InChI=1S/C31H28N6O2S/c1-19(2)23-11-10-20(3)15-27(23)39-14-13-36-18-22(24-8-4-5-9-26(24)36)16-25-28(32)37-31(34-29(25)38)40-30(35-37)21-7-6-12-33-17-21/h4-12,15-19,32H,13-14H2,1-3H3/b25-16+,32-28?. The van der Waals surface area contributed by atoms with Crippen molar-refractivity contribution in [2.24, 2.45) is 10.1 Å². The van der Waals surface area contributed by atoms with Crippen molar-refractivity contribution in [3.63, 3.8) is 0 Å². The van der Waals surface area contributed by atoms with Crippen molar-refractivity contribution in [3.8, 4) is 5.75 Å². The molecule has 2 aromatic heterocycles. The van der Waals surface area contributed by atoms with Gasteiger partial charge < -0.3 is 9.30 Å². The SMILES string of the molecule is Cc1ccc(C(C)C)c(OCCn2cc(/C=C3\C(=N)N4N=C(c5cccnc5)SC4=NC3=O)c3ccccc32)c1. The second kappa shape index (κ2) is 10.6. The van der Waals surface area contributed by atoms with Crippen molar-refractivity contribution in [2.45, 2.75) is 33.2 Å². The topological polar surface area (TPSA) is 95.9 Å². The number of aromatic nitrogens is 2. The number of aliphatic imine (C=N–C) groups is 1. The normalized spacial score (nSPS) is 16.1. The van der Waals surface area contributed by atoms with E-state index in [4.69, 9.17) is 10.1 Å². The van der Waals surface area contributed by atoms with Crippen LogP contribution in [-0.4, -0.2) is 43.1 Å². The van der Waals surface area contributed by atoms with Gasteiger partial charge in [-0.05, 0) is 66.1 Å². The van der Waals surface area contributed by atoms with Gasteiger partial charge in [0.15, 0.2) is 5.84 Å². The maximum Gasteiger partial charge on any atom is 0.283 e. The molecule has 0 radical (unpaired) electrons. The van der Waals surface area contributed by atoms with Crippen LogP contribution in [0.4, 0.5) is 0 Å². The number of pyridine rings is 1. The van der Waals surface area contributed by atoms with E-state index < -0.39 is 5.91 Å². The highest BCUT2D eigenvalue weighted by Crippen LogP contribution is 2.32. The summed E-state index contributed by atoms with van der Waals surface area (Å²) in [5.74, 6) is 0.833. The minimum Gasteiger partial charge on any atom is -0.491 e. The van der Waals surface area contributed by atoms with Crippen molar-refractivity contribution in [1.29, 1.82) is 5.41 Å². The molecule has 6 rings (SSSR count). The van der Waals surface area contributed by atoms with Crippen LogP contribution in [0.3, 0.4) is 0 Å². The quantitative estimate of drug-likeness (QED) is 0.277. The molecule has 1 amide bonds. The molecule has 0 unspecified atom stereocenters. The van der Waals surface area contributed by atoms with Crippen molar-refractivity contribution in [2.75, 3.05) is 6.61 Å². The molecule has 0 fully saturated rings. The fraction of sp³-hybridized carbons (Fsp3) is 0.194. The molecule has 9 heteroatoms. The first-order valence-corrected chi connectivity index (χ1v) is 13.9. The minimum atomic E-state index is -0.452. The number of aryl methyl sites for hydroxylation is 1. The molecule has 1 N–H and O–H groups in total. The van der Waals surface area contributed by atoms with E-state index >= 15 is 0 Å². The van der Waals surface area contributed by atoms with E-state index in [1.54, 1.807) is 18.5 Å². The van der Waals surface area contributed by atoms with E-state index in [1.165, 1.54) is 27.9 Å². The first kappa shape index (κ1) is 25.8. The number of amidine groups is 2. The number of nitrogens with zero attached hydrogens (tertiary/aromatic N) is 5. The van der Waals surface area contributed by atoms with Gasteiger partial charge in [-0.2, -0.15) is 15.1 Å². The summed E-state index contributed by atoms with van der Waals surface area (Å²) in [5.41, 5.74) is 5.23. The second-order valence-corrected chi connectivity index (χ2v) is 11.0. The number of thioether (sulfide) groups is 1. The number of carbonyl (C=O) groups is 1. The monoisotopic (exact) mass is 548 g/mol. The lowest BCUT2D eigenvalue weighted by Crippen LogP contribution is -2.35. The first-order valence-electron chi connectivity index (χ1n) is 13.1. The highest BCUT2D eigenvalue weighted by Gasteiger charge is 2.36. The first-order chi connectivity index (χ1) is 19.4. The number of para-hydroxylation sites is 1. The van der Waals surface area contributed by atoms with Crippen LogP contribution in [0.1, 0.15) is 42.0 Å². The molecule has 8 nitrogen and oxygen atoms in total. The highest BCUT2D eigenvalue weighted by molar-refractivity contribution is 8.27. The third-order valence-corrected chi connectivity index (χ3v) is 7.82.